The zero-order chi connectivity index (χ0) is 27.9. The predicted molar refractivity (Wildman–Crippen MR) is 163 cm³/mol. The number of ether oxygens (including phenoxy) is 1. The van der Waals surface area contributed by atoms with Gasteiger partial charge in [0.15, 0.2) is 0 Å². The average molecular weight is 539 g/mol. The van der Waals surface area contributed by atoms with Crippen molar-refractivity contribution in [2.24, 2.45) is 0 Å². The molecule has 4 heteroatoms. The lowest BCUT2D eigenvalue weighted by Crippen LogP contribution is -2.14. The highest BCUT2D eigenvalue weighted by Crippen LogP contribution is 2.16. The summed E-state index contributed by atoms with van der Waals surface area (Å²) in [6.45, 7) is 4.32. The van der Waals surface area contributed by atoms with E-state index in [9.17, 15) is 9.59 Å². The van der Waals surface area contributed by atoms with Gasteiger partial charge in [-0.05, 0) is 32.6 Å². The molecule has 0 amide bonds. The van der Waals surface area contributed by atoms with Crippen LogP contribution in [0.3, 0.4) is 0 Å². The third-order valence-electron chi connectivity index (χ3n) is 7.82. The first-order valence-electron chi connectivity index (χ1n) is 17.0. The van der Waals surface area contributed by atoms with E-state index < -0.39 is 5.97 Å². The number of rotatable bonds is 31. The number of carboxylic acid groups (broad SMARTS) is 1. The van der Waals surface area contributed by atoms with Crippen molar-refractivity contribution in [3.8, 4) is 0 Å². The Morgan fingerprint density at radius 2 is 0.816 bits per heavy atom. The van der Waals surface area contributed by atoms with Crippen molar-refractivity contribution in [1.29, 1.82) is 0 Å². The minimum Gasteiger partial charge on any atom is -0.481 e. The molecule has 1 N–H and O–H groups in total. The van der Waals surface area contributed by atoms with Crippen LogP contribution in [0.5, 0.6) is 0 Å². The van der Waals surface area contributed by atoms with Crippen LogP contribution in [-0.4, -0.2) is 23.1 Å². The number of carboxylic acids is 1. The third-order valence-corrected chi connectivity index (χ3v) is 7.82. The maximum atomic E-state index is 12.1. The van der Waals surface area contributed by atoms with Crippen LogP contribution in [0.2, 0.25) is 0 Å². The van der Waals surface area contributed by atoms with E-state index in [1.54, 1.807) is 0 Å². The van der Waals surface area contributed by atoms with Crippen molar-refractivity contribution in [3.63, 3.8) is 0 Å². The molecule has 0 saturated carbocycles. The molecule has 4 nitrogen and oxygen atoms in total. The van der Waals surface area contributed by atoms with Crippen molar-refractivity contribution in [2.75, 3.05) is 0 Å². The normalized spacial score (nSPS) is 12.1. The Morgan fingerprint density at radius 1 is 0.500 bits per heavy atom. The minimum atomic E-state index is -0.673. The first-order chi connectivity index (χ1) is 18.6. The number of aliphatic carboxylic acids is 1. The van der Waals surface area contributed by atoms with Gasteiger partial charge in [-0.15, -0.1) is 0 Å². The summed E-state index contributed by atoms with van der Waals surface area (Å²) < 4.78 is 5.61. The van der Waals surface area contributed by atoms with Gasteiger partial charge < -0.3 is 9.84 Å². The Kier molecular flexibility index (Phi) is 29.6. The second kappa shape index (κ2) is 30.5. The lowest BCUT2D eigenvalue weighted by Gasteiger charge is -2.13. The van der Waals surface area contributed by atoms with Crippen LogP contribution in [0.4, 0.5) is 0 Å². The van der Waals surface area contributed by atoms with E-state index >= 15 is 0 Å². The molecule has 0 heterocycles. The van der Waals surface area contributed by atoms with Crippen molar-refractivity contribution in [2.45, 2.75) is 206 Å². The lowest BCUT2D eigenvalue weighted by atomic mass is 10.0. The van der Waals surface area contributed by atoms with E-state index in [1.165, 1.54) is 135 Å². The van der Waals surface area contributed by atoms with Crippen molar-refractivity contribution < 1.29 is 19.4 Å². The molecule has 0 aliphatic carbocycles. The topological polar surface area (TPSA) is 63.6 Å². The highest BCUT2D eigenvalue weighted by Gasteiger charge is 2.09. The van der Waals surface area contributed by atoms with Crippen molar-refractivity contribution in [3.05, 3.63) is 0 Å². The molecule has 1 unspecified atom stereocenters. The van der Waals surface area contributed by atoms with Crippen LogP contribution in [0.1, 0.15) is 200 Å². The lowest BCUT2D eigenvalue weighted by molar-refractivity contribution is -0.148. The quantitative estimate of drug-likeness (QED) is 0.0704. The Hall–Kier alpha value is -1.06. The predicted octanol–water partition coefficient (Wildman–Crippen LogP) is 11.3. The molecule has 38 heavy (non-hydrogen) atoms. The number of unbranched alkanes of at least 4 members (excludes halogenated alkanes) is 24. The molecular weight excluding hydrogens is 472 g/mol. The van der Waals surface area contributed by atoms with E-state index in [0.29, 0.717) is 12.8 Å². The minimum absolute atomic E-state index is 0.00449. The molecule has 0 spiro atoms. The van der Waals surface area contributed by atoms with E-state index in [1.807, 2.05) is 6.92 Å². The molecule has 0 fully saturated rings. The van der Waals surface area contributed by atoms with Crippen LogP contribution >= 0.6 is 0 Å². The second-order valence-electron chi connectivity index (χ2n) is 11.8. The molecule has 0 saturated heterocycles. The van der Waals surface area contributed by atoms with Crippen molar-refractivity contribution in [1.82, 2.24) is 0 Å². The molecule has 0 aromatic rings. The fraction of sp³-hybridized carbons (Fsp3) is 0.941. The van der Waals surface area contributed by atoms with Crippen LogP contribution in [0, 0.1) is 0 Å². The van der Waals surface area contributed by atoms with Gasteiger partial charge in [0.25, 0.3) is 0 Å². The van der Waals surface area contributed by atoms with E-state index in [4.69, 9.17) is 9.84 Å². The Labute approximate surface area is 237 Å². The monoisotopic (exact) mass is 538 g/mol. The van der Waals surface area contributed by atoms with Crippen molar-refractivity contribution >= 4 is 11.9 Å². The highest BCUT2D eigenvalue weighted by molar-refractivity contribution is 5.69. The molecule has 0 radical (unpaired) electrons. The molecule has 0 rings (SSSR count). The Morgan fingerprint density at radius 3 is 1.18 bits per heavy atom. The smallest absolute Gasteiger partial charge is 0.306 e. The number of hydrogen-bond donors (Lipinski definition) is 1. The third kappa shape index (κ3) is 31.2. The summed E-state index contributed by atoms with van der Waals surface area (Å²) in [6, 6.07) is 0. The number of carbonyl (C=O) groups excluding carboxylic acids is 1. The maximum Gasteiger partial charge on any atom is 0.306 e. The van der Waals surface area contributed by atoms with Crippen LogP contribution in [0.15, 0.2) is 0 Å². The summed E-state index contributed by atoms with van der Waals surface area (Å²) in [7, 11) is 0. The largest absolute Gasteiger partial charge is 0.481 e. The van der Waals surface area contributed by atoms with Gasteiger partial charge in [0.2, 0.25) is 0 Å². The summed E-state index contributed by atoms with van der Waals surface area (Å²) in [6.07, 6.45) is 35.2. The Bertz CT molecular complexity index is 505. The van der Waals surface area contributed by atoms with Gasteiger partial charge in [-0.2, -0.15) is 0 Å². The molecule has 0 aromatic carbocycles. The molecule has 226 valence electrons. The van der Waals surface area contributed by atoms with Gasteiger partial charge in [0.1, 0.15) is 0 Å². The number of carbonyl (C=O) groups is 2. The summed E-state index contributed by atoms with van der Waals surface area (Å²) in [5.74, 6) is -0.678. The van der Waals surface area contributed by atoms with E-state index in [2.05, 4.69) is 6.92 Å². The van der Waals surface area contributed by atoms with Crippen LogP contribution in [0.25, 0.3) is 0 Å². The zero-order valence-corrected chi connectivity index (χ0v) is 25.8. The first kappa shape index (κ1) is 36.9. The number of hydrogen-bond acceptors (Lipinski definition) is 3. The molecule has 0 aliphatic rings. The van der Waals surface area contributed by atoms with Gasteiger partial charge in [-0.3, -0.25) is 9.59 Å². The van der Waals surface area contributed by atoms with Crippen LogP contribution < -0.4 is 0 Å². The highest BCUT2D eigenvalue weighted by atomic mass is 16.5. The zero-order valence-electron chi connectivity index (χ0n) is 25.8. The summed E-state index contributed by atoms with van der Waals surface area (Å²) in [5.41, 5.74) is 0. The van der Waals surface area contributed by atoms with Gasteiger partial charge in [0, 0.05) is 12.8 Å². The summed E-state index contributed by atoms with van der Waals surface area (Å²) >= 11 is 0. The SMILES string of the molecule is CCCCCCCCCCCCCCCCCC(=O)OC(C)CCCCCCCCCCCCCC(=O)O. The maximum absolute atomic E-state index is 12.1. The first-order valence-corrected chi connectivity index (χ1v) is 17.0. The molecular formula is C34H66O4. The molecule has 0 aliphatic heterocycles. The average Bonchev–Trinajstić information content (AvgIpc) is 2.88. The Balaban J connectivity index is 3.29. The van der Waals surface area contributed by atoms with Crippen LogP contribution in [-0.2, 0) is 14.3 Å². The molecule has 0 aromatic heterocycles. The summed E-state index contributed by atoms with van der Waals surface area (Å²) in [5, 5.41) is 8.63. The second-order valence-corrected chi connectivity index (χ2v) is 11.8. The summed E-state index contributed by atoms with van der Waals surface area (Å²) in [4.78, 5) is 22.6. The molecule has 0 bridgehead atoms. The van der Waals surface area contributed by atoms with E-state index in [-0.39, 0.29) is 12.1 Å². The number of esters is 1. The van der Waals surface area contributed by atoms with Gasteiger partial charge in [-0.1, -0.05) is 155 Å². The standard InChI is InChI=1S/C34H66O4/c1-3-4-5-6-7-8-9-10-11-12-16-19-22-25-28-31-34(37)38-32(2)29-26-23-20-17-14-13-15-18-21-24-27-30-33(35)36/h32H,3-31H2,1-2H3,(H,35,36). The molecule has 1 atom stereocenters. The van der Waals surface area contributed by atoms with Gasteiger partial charge in [-0.25, -0.2) is 0 Å². The fourth-order valence-corrected chi connectivity index (χ4v) is 5.28. The van der Waals surface area contributed by atoms with Gasteiger partial charge in [0.05, 0.1) is 6.10 Å². The van der Waals surface area contributed by atoms with Gasteiger partial charge >= 0.3 is 11.9 Å². The fourth-order valence-electron chi connectivity index (χ4n) is 5.28. The van der Waals surface area contributed by atoms with E-state index in [0.717, 1.165) is 38.5 Å².